The minimum Gasteiger partial charge on any atom is -0.484 e. The molecule has 1 aromatic heterocycles. The van der Waals surface area contributed by atoms with E-state index in [1.807, 2.05) is 0 Å². The van der Waals surface area contributed by atoms with Crippen molar-refractivity contribution in [3.63, 3.8) is 0 Å². The van der Waals surface area contributed by atoms with Gasteiger partial charge in [0.25, 0.3) is 11.8 Å². The van der Waals surface area contributed by atoms with Crippen LogP contribution in [0.4, 0.5) is 0 Å². The summed E-state index contributed by atoms with van der Waals surface area (Å²) >= 11 is 1.25. The molecule has 0 spiro atoms. The maximum atomic E-state index is 13.3. The van der Waals surface area contributed by atoms with Crippen LogP contribution in [-0.4, -0.2) is 79.2 Å². The van der Waals surface area contributed by atoms with Crippen LogP contribution < -0.4 is 10.5 Å². The van der Waals surface area contributed by atoms with E-state index in [1.165, 1.54) is 16.2 Å². The van der Waals surface area contributed by atoms with Crippen LogP contribution in [0.3, 0.4) is 0 Å². The summed E-state index contributed by atoms with van der Waals surface area (Å²) in [5.74, 6) is -2.96. The molecule has 2 fully saturated rings. The van der Waals surface area contributed by atoms with E-state index >= 15 is 0 Å². The van der Waals surface area contributed by atoms with Crippen molar-refractivity contribution < 1.29 is 28.7 Å². The van der Waals surface area contributed by atoms with Gasteiger partial charge in [0.05, 0.1) is 24.1 Å². The molecule has 2 aromatic rings. The maximum Gasteiger partial charge on any atom is 0.291 e. The van der Waals surface area contributed by atoms with Crippen LogP contribution in [0.2, 0.25) is 0 Å². The molecule has 0 saturated carbocycles. The van der Waals surface area contributed by atoms with Gasteiger partial charge in [0, 0.05) is 26.2 Å². The Morgan fingerprint density at radius 2 is 1.82 bits per heavy atom. The van der Waals surface area contributed by atoms with Crippen molar-refractivity contribution in [2.45, 2.75) is 6.04 Å². The highest BCUT2D eigenvalue weighted by molar-refractivity contribution is 7.12. The molecule has 174 valence electrons. The quantitative estimate of drug-likeness (QED) is 0.328. The lowest BCUT2D eigenvalue weighted by atomic mass is 9.88. The van der Waals surface area contributed by atoms with Gasteiger partial charge in [-0.2, -0.15) is 0 Å². The zero-order chi connectivity index (χ0) is 23.4. The number of benzene rings is 1. The van der Waals surface area contributed by atoms with Gasteiger partial charge in [-0.25, -0.2) is 0 Å². The summed E-state index contributed by atoms with van der Waals surface area (Å²) < 4.78 is 10.7. The molecule has 4 rings (SSSR count). The highest BCUT2D eigenvalue weighted by atomic mass is 32.1. The Morgan fingerprint density at radius 1 is 1.09 bits per heavy atom. The van der Waals surface area contributed by atoms with Crippen LogP contribution >= 0.6 is 11.3 Å². The summed E-state index contributed by atoms with van der Waals surface area (Å²) in [4.78, 5) is 54.4. The molecule has 3 heterocycles. The highest BCUT2D eigenvalue weighted by Gasteiger charge is 2.51. The van der Waals surface area contributed by atoms with Gasteiger partial charge >= 0.3 is 0 Å². The van der Waals surface area contributed by atoms with Crippen LogP contribution in [0.5, 0.6) is 5.75 Å². The Kier molecular flexibility index (Phi) is 7.17. The van der Waals surface area contributed by atoms with Crippen LogP contribution in [0, 0.1) is 5.92 Å². The number of morpholine rings is 1. The Labute approximate surface area is 195 Å². The molecule has 1 aromatic carbocycles. The fourth-order valence-corrected chi connectivity index (χ4v) is 4.87. The topological polar surface area (TPSA) is 119 Å². The third kappa shape index (κ3) is 5.13. The molecule has 2 N–H and O–H groups in total. The second-order valence-electron chi connectivity index (χ2n) is 7.90. The number of carbonyl (C=O) groups excluding carboxylic acids is 4. The number of carbonyl (C=O) groups is 4. The molecule has 2 atom stereocenters. The molecule has 2 amide bonds. The third-order valence-corrected chi connectivity index (χ3v) is 6.70. The second-order valence-corrected chi connectivity index (χ2v) is 8.85. The highest BCUT2D eigenvalue weighted by Crippen LogP contribution is 2.39. The van der Waals surface area contributed by atoms with Crippen LogP contribution in [0.15, 0.2) is 41.8 Å². The molecular formula is C23H25N3O6S. The van der Waals surface area contributed by atoms with Crippen molar-refractivity contribution in [1.29, 1.82) is 0 Å². The molecule has 0 aliphatic carbocycles. The average Bonchev–Trinajstić information content (AvgIpc) is 3.45. The van der Waals surface area contributed by atoms with Crippen molar-refractivity contribution >= 4 is 34.7 Å². The molecule has 2 aliphatic rings. The Bertz CT molecular complexity index is 1020. The van der Waals surface area contributed by atoms with Crippen molar-refractivity contribution in [3.8, 4) is 5.75 Å². The lowest BCUT2D eigenvalue weighted by Gasteiger charge is -2.31. The number of thiophene rings is 1. The second kappa shape index (κ2) is 10.2. The zero-order valence-electron chi connectivity index (χ0n) is 18.0. The minimum atomic E-state index is -1.11. The van der Waals surface area contributed by atoms with Crippen molar-refractivity contribution in [1.82, 2.24) is 9.80 Å². The molecule has 33 heavy (non-hydrogen) atoms. The summed E-state index contributed by atoms with van der Waals surface area (Å²) in [5, 5.41) is 1.77. The SMILES string of the molecule is NC(=O)COc1ccc(C2C(C(=O)c3cccs3)C(=O)C(=O)N2CCN2CCOCC2)cc1. The molecule has 10 heteroatoms. The van der Waals surface area contributed by atoms with Gasteiger partial charge in [0.1, 0.15) is 11.7 Å². The van der Waals surface area contributed by atoms with E-state index in [0.29, 0.717) is 42.5 Å². The van der Waals surface area contributed by atoms with E-state index in [1.54, 1.807) is 41.8 Å². The lowest BCUT2D eigenvalue weighted by Crippen LogP contribution is -2.42. The predicted octanol–water partition coefficient (Wildman–Crippen LogP) is 0.896. The number of hydrogen-bond acceptors (Lipinski definition) is 8. The standard InChI is InChI=1S/C23H25N3O6S/c24-18(27)14-32-16-5-3-15(4-6-16)20-19(21(28)17-2-1-13-33-17)22(29)23(30)26(20)8-7-25-9-11-31-12-10-25/h1-6,13,19-20H,7-12,14H2,(H2,24,27). The molecular weight excluding hydrogens is 446 g/mol. The van der Waals surface area contributed by atoms with Gasteiger partial charge in [-0.3, -0.25) is 24.1 Å². The number of rotatable bonds is 9. The van der Waals surface area contributed by atoms with Crippen LogP contribution in [0.1, 0.15) is 21.3 Å². The largest absolute Gasteiger partial charge is 0.484 e. The van der Waals surface area contributed by atoms with Gasteiger partial charge in [-0.05, 0) is 29.1 Å². The smallest absolute Gasteiger partial charge is 0.291 e. The number of ketones is 2. The summed E-state index contributed by atoms with van der Waals surface area (Å²) in [5.41, 5.74) is 5.77. The summed E-state index contributed by atoms with van der Waals surface area (Å²) in [6.07, 6.45) is 0. The minimum absolute atomic E-state index is 0.259. The van der Waals surface area contributed by atoms with E-state index in [0.717, 1.165) is 13.1 Å². The number of nitrogens with zero attached hydrogens (tertiary/aromatic N) is 2. The molecule has 0 radical (unpaired) electrons. The fraction of sp³-hybridized carbons (Fsp3) is 0.391. The van der Waals surface area contributed by atoms with E-state index in [9.17, 15) is 19.2 Å². The van der Waals surface area contributed by atoms with Crippen LogP contribution in [-0.2, 0) is 19.1 Å². The number of ether oxygens (including phenoxy) is 2. The summed E-state index contributed by atoms with van der Waals surface area (Å²) in [6.45, 7) is 3.41. The first kappa shape index (κ1) is 23.1. The van der Waals surface area contributed by atoms with Gasteiger partial charge in [-0.1, -0.05) is 18.2 Å². The Balaban J connectivity index is 1.61. The van der Waals surface area contributed by atoms with E-state index in [-0.39, 0.29) is 12.4 Å². The Morgan fingerprint density at radius 3 is 2.45 bits per heavy atom. The first-order valence-electron chi connectivity index (χ1n) is 10.7. The predicted molar refractivity (Wildman–Crippen MR) is 120 cm³/mol. The maximum absolute atomic E-state index is 13.3. The first-order chi connectivity index (χ1) is 16.0. The number of nitrogens with two attached hydrogens (primary N) is 1. The normalized spacial score (nSPS) is 21.4. The monoisotopic (exact) mass is 471 g/mol. The average molecular weight is 472 g/mol. The molecule has 2 unspecified atom stereocenters. The number of hydrogen-bond donors (Lipinski definition) is 1. The van der Waals surface area contributed by atoms with Crippen molar-refractivity contribution in [2.24, 2.45) is 11.7 Å². The zero-order valence-corrected chi connectivity index (χ0v) is 18.8. The number of amides is 2. The summed E-state index contributed by atoms with van der Waals surface area (Å²) in [6, 6.07) is 9.39. The van der Waals surface area contributed by atoms with Gasteiger partial charge in [0.2, 0.25) is 5.78 Å². The van der Waals surface area contributed by atoms with E-state index in [4.69, 9.17) is 15.2 Å². The lowest BCUT2D eigenvalue weighted by molar-refractivity contribution is -0.141. The van der Waals surface area contributed by atoms with Gasteiger partial charge in [0.15, 0.2) is 12.4 Å². The molecule has 2 saturated heterocycles. The number of primary amides is 1. The van der Waals surface area contributed by atoms with Crippen molar-refractivity contribution in [3.05, 3.63) is 52.2 Å². The summed E-state index contributed by atoms with van der Waals surface area (Å²) in [7, 11) is 0. The Hall–Kier alpha value is -3.08. The molecule has 9 nitrogen and oxygen atoms in total. The first-order valence-corrected chi connectivity index (χ1v) is 11.6. The fourth-order valence-electron chi connectivity index (χ4n) is 4.16. The number of likely N-dealkylation sites (tertiary alicyclic amines) is 1. The molecule has 2 aliphatic heterocycles. The van der Waals surface area contributed by atoms with E-state index in [2.05, 4.69) is 4.90 Å². The van der Waals surface area contributed by atoms with Gasteiger partial charge < -0.3 is 20.1 Å². The van der Waals surface area contributed by atoms with E-state index < -0.39 is 29.6 Å². The van der Waals surface area contributed by atoms with Crippen LogP contribution in [0.25, 0.3) is 0 Å². The third-order valence-electron chi connectivity index (χ3n) is 5.82. The number of Topliss-reactive ketones (excluding diaryl/α,β-unsaturated/α-hetero) is 2. The molecule has 0 bridgehead atoms. The van der Waals surface area contributed by atoms with Gasteiger partial charge in [-0.15, -0.1) is 11.3 Å². The van der Waals surface area contributed by atoms with Crippen molar-refractivity contribution in [2.75, 3.05) is 46.0 Å².